The summed E-state index contributed by atoms with van der Waals surface area (Å²) in [5.41, 5.74) is 1.38. The Bertz CT molecular complexity index is 1570. The maximum Gasteiger partial charge on any atom is 0.338 e. The largest absolute Gasteiger partial charge is 0.481 e. The molecular weight excluding hydrogens is 607 g/mol. The van der Waals surface area contributed by atoms with E-state index in [0.717, 1.165) is 12.8 Å². The van der Waals surface area contributed by atoms with Crippen molar-refractivity contribution in [1.82, 2.24) is 20.1 Å². The molecule has 0 radical (unpaired) electrons. The molecule has 5 aliphatic rings. The number of rotatable bonds is 8. The Morgan fingerprint density at radius 1 is 1.22 bits per heavy atom. The first-order valence-corrected chi connectivity index (χ1v) is 16.4. The van der Waals surface area contributed by atoms with Crippen molar-refractivity contribution in [3.05, 3.63) is 63.0 Å². The molecular formula is C32H36F3N5O4S. The molecule has 1 spiro atoms. The van der Waals surface area contributed by atoms with Gasteiger partial charge in [-0.05, 0) is 68.6 Å². The van der Waals surface area contributed by atoms with Crippen LogP contribution in [0.4, 0.5) is 13.2 Å². The molecule has 2 saturated heterocycles. The van der Waals surface area contributed by atoms with Gasteiger partial charge in [-0.25, -0.2) is 22.9 Å². The number of ether oxygens (including phenoxy) is 1. The number of thiazole rings is 1. The minimum Gasteiger partial charge on any atom is -0.481 e. The number of carboxylic acids is 1. The van der Waals surface area contributed by atoms with E-state index >= 15 is 8.78 Å². The number of nitrogens with one attached hydrogen (secondary N) is 1. The summed E-state index contributed by atoms with van der Waals surface area (Å²) in [6.45, 7) is 3.53. The topological polar surface area (TPSA) is 107 Å². The number of aromatic nitrogens is 1. The van der Waals surface area contributed by atoms with E-state index in [-0.39, 0.29) is 36.1 Å². The Kier molecular flexibility index (Phi) is 7.56. The van der Waals surface area contributed by atoms with E-state index in [2.05, 4.69) is 10.3 Å². The summed E-state index contributed by atoms with van der Waals surface area (Å²) >= 11 is 1.34. The van der Waals surface area contributed by atoms with Crippen LogP contribution in [0.3, 0.4) is 0 Å². The number of amidine groups is 1. The Morgan fingerprint density at radius 2 is 2.00 bits per heavy atom. The second-order valence-electron chi connectivity index (χ2n) is 13.1. The molecule has 1 aromatic carbocycles. The number of benzene rings is 1. The summed E-state index contributed by atoms with van der Waals surface area (Å²) in [5, 5.41) is 14.9. The van der Waals surface area contributed by atoms with Crippen molar-refractivity contribution in [1.29, 1.82) is 0 Å². The second-order valence-corrected chi connectivity index (χ2v) is 14.0. The molecule has 2 aromatic rings. The number of alkyl halides is 2. The average Bonchev–Trinajstić information content (AvgIpc) is 3.68. The number of aliphatic carboxylic acids is 1. The second kappa shape index (κ2) is 11.2. The van der Waals surface area contributed by atoms with Crippen molar-refractivity contribution in [2.24, 2.45) is 16.3 Å². The molecule has 1 aromatic heterocycles. The Hall–Kier alpha value is -3.29. The van der Waals surface area contributed by atoms with E-state index < -0.39 is 48.3 Å². The van der Waals surface area contributed by atoms with E-state index in [0.29, 0.717) is 53.5 Å². The highest BCUT2D eigenvalue weighted by Gasteiger charge is 2.64. The third-order valence-corrected chi connectivity index (χ3v) is 11.2. The molecule has 2 saturated carbocycles. The van der Waals surface area contributed by atoms with Gasteiger partial charge in [-0.15, -0.1) is 11.3 Å². The maximum atomic E-state index is 15.9. The van der Waals surface area contributed by atoms with Gasteiger partial charge in [0.05, 0.1) is 30.7 Å². The first-order valence-electron chi connectivity index (χ1n) is 15.5. The lowest BCUT2D eigenvalue weighted by molar-refractivity contribution is -0.162. The Morgan fingerprint density at radius 3 is 2.69 bits per heavy atom. The van der Waals surface area contributed by atoms with Gasteiger partial charge in [0.25, 0.3) is 5.92 Å². The van der Waals surface area contributed by atoms with Crippen LogP contribution in [-0.2, 0) is 14.3 Å². The summed E-state index contributed by atoms with van der Waals surface area (Å²) in [4.78, 5) is 37.8. The fourth-order valence-corrected chi connectivity index (χ4v) is 8.99. The van der Waals surface area contributed by atoms with E-state index in [1.165, 1.54) is 17.4 Å². The number of carbonyl (C=O) groups is 2. The summed E-state index contributed by atoms with van der Waals surface area (Å²) < 4.78 is 52.0. The van der Waals surface area contributed by atoms with Gasteiger partial charge >= 0.3 is 11.9 Å². The molecule has 3 unspecified atom stereocenters. The molecule has 3 atom stereocenters. The van der Waals surface area contributed by atoms with Crippen molar-refractivity contribution < 1.29 is 32.6 Å². The van der Waals surface area contributed by atoms with Gasteiger partial charge in [-0.2, -0.15) is 0 Å². The molecule has 4 heterocycles. The van der Waals surface area contributed by atoms with Gasteiger partial charge in [0.2, 0.25) is 0 Å². The van der Waals surface area contributed by atoms with Gasteiger partial charge in [-0.3, -0.25) is 19.6 Å². The fourth-order valence-electron chi connectivity index (χ4n) is 8.41. The van der Waals surface area contributed by atoms with Crippen molar-refractivity contribution in [2.75, 3.05) is 26.2 Å². The van der Waals surface area contributed by atoms with E-state index in [1.807, 2.05) is 4.90 Å². The number of aliphatic imine (C=N–C) groups is 1. The number of esters is 1. The molecule has 240 valence electrons. The van der Waals surface area contributed by atoms with Gasteiger partial charge in [0.15, 0.2) is 10.8 Å². The lowest BCUT2D eigenvalue weighted by Crippen LogP contribution is -2.60. The molecule has 45 heavy (non-hydrogen) atoms. The average molecular weight is 644 g/mol. The zero-order valence-corrected chi connectivity index (χ0v) is 26.0. The quantitative estimate of drug-likeness (QED) is 0.404. The third kappa shape index (κ3) is 5.16. The monoisotopic (exact) mass is 643 g/mol. The highest BCUT2D eigenvalue weighted by Crippen LogP contribution is 2.61. The van der Waals surface area contributed by atoms with Crippen LogP contribution in [0.25, 0.3) is 0 Å². The van der Waals surface area contributed by atoms with Gasteiger partial charge < -0.3 is 15.2 Å². The normalized spacial score (nSPS) is 32.5. The number of carboxylic acid groups (broad SMARTS) is 1. The number of carbonyl (C=O) groups excluding carboxylic acids is 1. The zero-order valence-electron chi connectivity index (χ0n) is 25.1. The maximum absolute atomic E-state index is 15.9. The van der Waals surface area contributed by atoms with Gasteiger partial charge in [0.1, 0.15) is 11.9 Å². The summed E-state index contributed by atoms with van der Waals surface area (Å²) in [6, 6.07) is 2.34. The standard InChI is InChI=1S/C32H36F3N5O4S/c1-3-44-30(43)24-22(37-27(28-36-8-10-45-28)38-25(24)20-5-4-6-21(33)17(20)2)15-39-16-32(34,35)26-23(39)7-9-40(26)19-13-31(14-19)11-18(12-31)29(41)42/h4-6,8,10,18-19,23,25-26H,3,7,9,11-16H2,1-2H3,(H,37,38)(H,41,42). The molecule has 3 aliphatic heterocycles. The van der Waals surface area contributed by atoms with Crippen molar-refractivity contribution in [3.63, 3.8) is 0 Å². The lowest BCUT2D eigenvalue weighted by Gasteiger charge is -2.59. The van der Waals surface area contributed by atoms with Crippen molar-refractivity contribution in [3.8, 4) is 0 Å². The highest BCUT2D eigenvalue weighted by molar-refractivity contribution is 7.11. The highest BCUT2D eigenvalue weighted by atomic mass is 32.1. The van der Waals surface area contributed by atoms with Gasteiger partial charge in [-0.1, -0.05) is 12.1 Å². The minimum atomic E-state index is -2.97. The molecule has 0 bridgehead atoms. The Labute approximate surface area is 263 Å². The number of nitrogens with zero attached hydrogens (tertiary/aromatic N) is 4. The van der Waals surface area contributed by atoms with Crippen molar-refractivity contribution >= 4 is 29.1 Å². The zero-order chi connectivity index (χ0) is 31.7. The third-order valence-electron chi connectivity index (χ3n) is 10.5. The number of likely N-dealkylation sites (tertiary alicyclic amines) is 2. The summed E-state index contributed by atoms with van der Waals surface area (Å²) in [6.07, 6.45) is 4.98. The van der Waals surface area contributed by atoms with Crippen LogP contribution in [0.15, 0.2) is 46.0 Å². The summed E-state index contributed by atoms with van der Waals surface area (Å²) in [5.74, 6) is -4.74. The van der Waals surface area contributed by atoms with Crippen LogP contribution in [0.5, 0.6) is 0 Å². The first-order chi connectivity index (χ1) is 21.5. The number of hydrogen-bond acceptors (Lipinski definition) is 9. The first kappa shape index (κ1) is 30.4. The van der Waals surface area contributed by atoms with Crippen LogP contribution < -0.4 is 5.32 Å². The van der Waals surface area contributed by atoms with Crippen LogP contribution in [0, 0.1) is 24.1 Å². The fraction of sp³-hybridized carbons (Fsp3) is 0.562. The lowest BCUT2D eigenvalue weighted by atomic mass is 9.49. The molecule has 2 aliphatic carbocycles. The minimum absolute atomic E-state index is 0.0135. The molecule has 2 N–H and O–H groups in total. The number of fused-ring (bicyclic) bond motifs is 1. The van der Waals surface area contributed by atoms with Crippen molar-refractivity contribution in [2.45, 2.75) is 76.0 Å². The van der Waals surface area contributed by atoms with Crippen LogP contribution >= 0.6 is 11.3 Å². The molecule has 9 nitrogen and oxygen atoms in total. The van der Waals surface area contributed by atoms with Crippen LogP contribution in [0.1, 0.15) is 61.2 Å². The van der Waals surface area contributed by atoms with E-state index in [9.17, 15) is 19.1 Å². The molecule has 0 amide bonds. The van der Waals surface area contributed by atoms with E-state index in [1.54, 1.807) is 42.5 Å². The number of hydrogen-bond donors (Lipinski definition) is 2. The van der Waals surface area contributed by atoms with E-state index in [4.69, 9.17) is 9.73 Å². The molecule has 7 rings (SSSR count). The van der Waals surface area contributed by atoms with Crippen LogP contribution in [-0.4, -0.2) is 88.0 Å². The smallest absolute Gasteiger partial charge is 0.338 e. The van der Waals surface area contributed by atoms with Gasteiger partial charge in [0, 0.05) is 42.4 Å². The van der Waals surface area contributed by atoms with Crippen LogP contribution in [0.2, 0.25) is 0 Å². The molecule has 13 heteroatoms. The predicted molar refractivity (Wildman–Crippen MR) is 161 cm³/mol. The summed E-state index contributed by atoms with van der Waals surface area (Å²) in [7, 11) is 0. The predicted octanol–water partition coefficient (Wildman–Crippen LogP) is 4.54. The number of halogens is 3. The Balaban J connectivity index is 1.19. The SMILES string of the molecule is CCOC(=O)C1=C(CN2CC(F)(F)C3C2CCN3C2CC3(CC(C(=O)O)C3)C2)NC(c2nccs2)=NC1c1cccc(F)c1C. The molecule has 4 fully saturated rings.